The third kappa shape index (κ3) is 3.08. The molecule has 0 spiro atoms. The number of nitrogens with one attached hydrogen (secondary N) is 1. The van der Waals surface area contributed by atoms with Crippen molar-refractivity contribution in [2.24, 2.45) is 0 Å². The van der Waals surface area contributed by atoms with E-state index in [1.54, 1.807) is 6.92 Å². The van der Waals surface area contributed by atoms with Gasteiger partial charge in [-0.3, -0.25) is 4.79 Å². The predicted octanol–water partition coefficient (Wildman–Crippen LogP) is 3.59. The van der Waals surface area contributed by atoms with E-state index in [-0.39, 0.29) is 21.0 Å². The number of hydrogen-bond acceptors (Lipinski definition) is 3. The van der Waals surface area contributed by atoms with Crippen LogP contribution < -0.4 is 5.32 Å². The van der Waals surface area contributed by atoms with Crippen molar-refractivity contribution in [3.63, 3.8) is 0 Å². The summed E-state index contributed by atoms with van der Waals surface area (Å²) in [6.45, 7) is 3.02. The highest BCUT2D eigenvalue weighted by molar-refractivity contribution is 7.18. The van der Waals surface area contributed by atoms with Gasteiger partial charge in [0, 0.05) is 6.07 Å². The Bertz CT molecular complexity index is 740. The molecule has 1 heterocycles. The molecule has 2 N–H and O–H groups in total. The van der Waals surface area contributed by atoms with Crippen LogP contribution in [-0.2, 0) is 0 Å². The minimum absolute atomic E-state index is 0.0982. The van der Waals surface area contributed by atoms with Crippen molar-refractivity contribution >= 4 is 28.2 Å². The number of rotatable bonds is 3. The molecule has 0 fully saturated rings. The lowest BCUT2D eigenvalue weighted by molar-refractivity contribution is 0.0701. The summed E-state index contributed by atoms with van der Waals surface area (Å²) >= 11 is 0.876. The molecule has 2 rings (SSSR count). The van der Waals surface area contributed by atoms with E-state index in [0.29, 0.717) is 11.6 Å². The Balaban J connectivity index is 2.28. The number of carbonyl (C=O) groups is 2. The monoisotopic (exact) mass is 311 g/mol. The van der Waals surface area contributed by atoms with Gasteiger partial charge in [0.2, 0.25) is 0 Å². The Hall–Kier alpha value is -2.28. The summed E-state index contributed by atoms with van der Waals surface area (Å²) in [5, 5.41) is 11.6. The lowest BCUT2D eigenvalue weighted by atomic mass is 10.1. The topological polar surface area (TPSA) is 66.4 Å². The summed E-state index contributed by atoms with van der Waals surface area (Å²) in [5.74, 6) is -3.55. The molecule has 0 atom stereocenters. The van der Waals surface area contributed by atoms with Gasteiger partial charge in [-0.15, -0.1) is 11.3 Å². The lowest BCUT2D eigenvalue weighted by Crippen LogP contribution is -2.13. The molecule has 1 aromatic heterocycles. The largest absolute Gasteiger partial charge is 0.477 e. The van der Waals surface area contributed by atoms with E-state index in [2.05, 4.69) is 5.32 Å². The van der Waals surface area contributed by atoms with E-state index >= 15 is 0 Å². The normalized spacial score (nSPS) is 10.5. The highest BCUT2D eigenvalue weighted by Crippen LogP contribution is 2.27. The molecule has 0 radical (unpaired) electrons. The molecule has 7 heteroatoms. The SMILES string of the molecule is Cc1cc(C(=O)Nc2cc(C)c(C(=O)O)s2)c(F)cc1F. The van der Waals surface area contributed by atoms with Crippen LogP contribution in [0.4, 0.5) is 13.8 Å². The molecule has 0 aliphatic heterocycles. The van der Waals surface area contributed by atoms with E-state index in [1.165, 1.54) is 13.0 Å². The van der Waals surface area contributed by atoms with Gasteiger partial charge in [-0.1, -0.05) is 0 Å². The highest BCUT2D eigenvalue weighted by Gasteiger charge is 2.17. The minimum Gasteiger partial charge on any atom is -0.477 e. The Labute approximate surface area is 123 Å². The van der Waals surface area contributed by atoms with Crippen molar-refractivity contribution in [2.45, 2.75) is 13.8 Å². The Morgan fingerprint density at radius 3 is 2.33 bits per heavy atom. The van der Waals surface area contributed by atoms with E-state index in [1.807, 2.05) is 0 Å². The van der Waals surface area contributed by atoms with Gasteiger partial charge in [0.1, 0.15) is 16.5 Å². The first kappa shape index (κ1) is 15.1. The quantitative estimate of drug-likeness (QED) is 0.910. The average Bonchev–Trinajstić information content (AvgIpc) is 2.74. The van der Waals surface area contributed by atoms with Crippen LogP contribution in [0.2, 0.25) is 0 Å². The van der Waals surface area contributed by atoms with Crippen molar-refractivity contribution in [3.8, 4) is 0 Å². The molecule has 0 saturated heterocycles. The molecule has 0 aliphatic rings. The van der Waals surface area contributed by atoms with Gasteiger partial charge in [0.25, 0.3) is 5.91 Å². The number of aryl methyl sites for hydroxylation is 2. The fourth-order valence-corrected chi connectivity index (χ4v) is 2.67. The van der Waals surface area contributed by atoms with Crippen LogP contribution in [0.1, 0.15) is 31.2 Å². The molecular weight excluding hydrogens is 300 g/mol. The van der Waals surface area contributed by atoms with Crippen LogP contribution in [0.25, 0.3) is 0 Å². The maximum absolute atomic E-state index is 13.6. The summed E-state index contributed by atoms with van der Waals surface area (Å²) in [6.07, 6.45) is 0. The smallest absolute Gasteiger partial charge is 0.346 e. The summed E-state index contributed by atoms with van der Waals surface area (Å²) in [7, 11) is 0. The molecule has 1 amide bonds. The van der Waals surface area contributed by atoms with E-state index in [0.717, 1.165) is 17.4 Å². The van der Waals surface area contributed by atoms with Crippen LogP contribution in [0.3, 0.4) is 0 Å². The van der Waals surface area contributed by atoms with Gasteiger partial charge in [-0.25, -0.2) is 13.6 Å². The van der Waals surface area contributed by atoms with Crippen LogP contribution in [0, 0.1) is 25.5 Å². The summed E-state index contributed by atoms with van der Waals surface area (Å²) in [5.41, 5.74) is 0.352. The van der Waals surface area contributed by atoms with Crippen molar-refractivity contribution < 1.29 is 23.5 Å². The maximum atomic E-state index is 13.6. The fourth-order valence-electron chi connectivity index (χ4n) is 1.77. The number of aromatic carboxylic acids is 1. The zero-order valence-corrected chi connectivity index (χ0v) is 12.0. The standard InChI is InChI=1S/C14H11F2NO3S/c1-6-3-8(10(16)5-9(6)15)13(18)17-11-4-7(2)12(21-11)14(19)20/h3-5H,1-2H3,(H,17,18)(H,19,20). The highest BCUT2D eigenvalue weighted by atomic mass is 32.1. The second kappa shape index (κ2) is 5.61. The van der Waals surface area contributed by atoms with E-state index in [4.69, 9.17) is 5.11 Å². The summed E-state index contributed by atoms with van der Waals surface area (Å²) < 4.78 is 26.8. The van der Waals surface area contributed by atoms with Gasteiger partial charge >= 0.3 is 5.97 Å². The zero-order valence-electron chi connectivity index (χ0n) is 11.2. The molecule has 21 heavy (non-hydrogen) atoms. The second-order valence-electron chi connectivity index (χ2n) is 4.46. The summed E-state index contributed by atoms with van der Waals surface area (Å²) in [6, 6.07) is 3.24. The maximum Gasteiger partial charge on any atom is 0.346 e. The number of thiophene rings is 1. The van der Waals surface area contributed by atoms with E-state index < -0.39 is 23.5 Å². The molecule has 0 saturated carbocycles. The second-order valence-corrected chi connectivity index (χ2v) is 5.52. The van der Waals surface area contributed by atoms with E-state index in [9.17, 15) is 18.4 Å². The lowest BCUT2D eigenvalue weighted by Gasteiger charge is -2.05. The number of carbonyl (C=O) groups excluding carboxylic acids is 1. The van der Waals surface area contributed by atoms with Crippen molar-refractivity contribution in [2.75, 3.05) is 5.32 Å². The number of carboxylic acid groups (broad SMARTS) is 1. The first-order chi connectivity index (χ1) is 9.79. The molecule has 0 unspecified atom stereocenters. The minimum atomic E-state index is -1.10. The number of anilines is 1. The molecule has 0 bridgehead atoms. The van der Waals surface area contributed by atoms with Gasteiger partial charge in [-0.2, -0.15) is 0 Å². The van der Waals surface area contributed by atoms with Crippen LogP contribution in [0.5, 0.6) is 0 Å². The van der Waals surface area contributed by atoms with Crippen molar-refractivity contribution in [1.82, 2.24) is 0 Å². The third-order valence-corrected chi connectivity index (χ3v) is 3.98. The number of halogens is 2. The number of hydrogen-bond donors (Lipinski definition) is 2. The molecule has 1 aromatic carbocycles. The Morgan fingerprint density at radius 2 is 1.76 bits per heavy atom. The number of benzene rings is 1. The van der Waals surface area contributed by atoms with Crippen LogP contribution in [-0.4, -0.2) is 17.0 Å². The molecular formula is C14H11F2NO3S. The van der Waals surface area contributed by atoms with Gasteiger partial charge in [0.15, 0.2) is 0 Å². The average molecular weight is 311 g/mol. The van der Waals surface area contributed by atoms with Crippen LogP contribution in [0.15, 0.2) is 18.2 Å². The molecule has 110 valence electrons. The van der Waals surface area contributed by atoms with Crippen molar-refractivity contribution in [1.29, 1.82) is 0 Å². The Kier molecular flexibility index (Phi) is 4.04. The summed E-state index contributed by atoms with van der Waals surface area (Å²) in [4.78, 5) is 23.0. The third-order valence-electron chi connectivity index (χ3n) is 2.84. The van der Waals surface area contributed by atoms with Crippen molar-refractivity contribution in [3.05, 3.63) is 51.4 Å². The first-order valence-electron chi connectivity index (χ1n) is 5.90. The Morgan fingerprint density at radius 1 is 1.10 bits per heavy atom. The predicted molar refractivity (Wildman–Crippen MR) is 75.1 cm³/mol. The zero-order chi connectivity index (χ0) is 15.7. The van der Waals surface area contributed by atoms with Gasteiger partial charge in [0.05, 0.1) is 10.6 Å². The first-order valence-corrected chi connectivity index (χ1v) is 6.72. The van der Waals surface area contributed by atoms with Gasteiger partial charge < -0.3 is 10.4 Å². The fraction of sp³-hybridized carbons (Fsp3) is 0.143. The molecule has 4 nitrogen and oxygen atoms in total. The van der Waals surface area contributed by atoms with Gasteiger partial charge in [-0.05, 0) is 37.1 Å². The molecule has 2 aromatic rings. The van der Waals surface area contributed by atoms with Crippen LogP contribution >= 0.6 is 11.3 Å². The molecule has 0 aliphatic carbocycles. The number of amides is 1. The number of carboxylic acids is 1.